The first-order valence-corrected chi connectivity index (χ1v) is 5.80. The summed E-state index contributed by atoms with van der Waals surface area (Å²) in [7, 11) is 0. The quantitative estimate of drug-likeness (QED) is 0.734. The lowest BCUT2D eigenvalue weighted by molar-refractivity contribution is 0.210. The molecule has 0 bridgehead atoms. The summed E-state index contributed by atoms with van der Waals surface area (Å²) in [4.78, 5) is 0. The van der Waals surface area contributed by atoms with E-state index in [4.69, 9.17) is 17.4 Å². The monoisotopic (exact) mass is 207 g/mol. The average Bonchev–Trinajstić information content (AvgIpc) is 2.72. The van der Waals surface area contributed by atoms with Gasteiger partial charge in [-0.05, 0) is 43.4 Å². The molecule has 75 valence electrons. The van der Waals surface area contributed by atoms with Crippen LogP contribution >= 0.6 is 12.6 Å². The van der Waals surface area contributed by atoms with Gasteiger partial charge in [0.1, 0.15) is 5.75 Å². The summed E-state index contributed by atoms with van der Waals surface area (Å²) < 4.78 is 5.84. The van der Waals surface area contributed by atoms with E-state index in [2.05, 4.69) is 12.1 Å². The first kappa shape index (κ1) is 9.91. The van der Waals surface area contributed by atoms with Gasteiger partial charge in [-0.2, -0.15) is 0 Å². The topological polar surface area (TPSA) is 9.23 Å². The summed E-state index contributed by atoms with van der Waals surface area (Å²) in [5, 5.41) is 0. The summed E-state index contributed by atoms with van der Waals surface area (Å²) in [6.45, 7) is 0. The molecule has 2 heteroatoms. The van der Waals surface area contributed by atoms with Crippen LogP contribution in [-0.2, 0) is 5.75 Å². The van der Waals surface area contributed by atoms with E-state index < -0.39 is 0 Å². The summed E-state index contributed by atoms with van der Waals surface area (Å²) in [5.41, 5.74) is 1.19. The predicted octanol–water partition coefficient (Wildman–Crippen LogP) is 3.71. The lowest BCUT2D eigenvalue weighted by atomic mass is 10.2. The average molecular weight is 207 g/mol. The van der Waals surface area contributed by atoms with Crippen molar-refractivity contribution in [3.8, 4) is 5.75 Å². The predicted molar refractivity (Wildman–Crippen MR) is 60.6 cm³/mol. The van der Waals surface area contributed by atoms with Crippen LogP contribution in [0.5, 0.6) is 5.75 Å². The zero-order valence-electron chi connectivity index (χ0n) is 8.24. The van der Waals surface area contributed by atoms with Crippen LogP contribution in [0.1, 0.15) is 31.2 Å². The van der Waals surface area contributed by atoms with Gasteiger partial charge in [0.05, 0.1) is 6.10 Å². The third-order valence-electron chi connectivity index (χ3n) is 2.69. The minimum Gasteiger partial charge on any atom is -0.490 e. The summed E-state index contributed by atoms with van der Waals surface area (Å²) >= 11 is 4.96. The van der Waals surface area contributed by atoms with Crippen LogP contribution < -0.4 is 4.74 Å². The van der Waals surface area contributed by atoms with E-state index in [9.17, 15) is 0 Å². The fourth-order valence-electron chi connectivity index (χ4n) is 1.86. The van der Waals surface area contributed by atoms with Gasteiger partial charge < -0.3 is 4.74 Å². The summed E-state index contributed by atoms with van der Waals surface area (Å²) in [5.74, 6) is 1.67. The first-order valence-electron chi connectivity index (χ1n) is 5.22. The minimum atomic E-state index is 0.448. The van der Waals surface area contributed by atoms with E-state index in [1.807, 2.05) is 12.1 Å². The molecule has 1 aromatic carbocycles. The second kappa shape index (κ2) is 4.74. The van der Waals surface area contributed by atoms with E-state index >= 15 is 0 Å². The summed E-state index contributed by atoms with van der Waals surface area (Å²) in [6.07, 6.45) is 5.50. The minimum absolute atomic E-state index is 0.448. The number of hydrogen-bond acceptors (Lipinski definition) is 1. The van der Waals surface area contributed by atoms with Crippen LogP contribution in [0.25, 0.3) is 0 Å². The molecule has 14 heavy (non-hydrogen) atoms. The van der Waals surface area contributed by atoms with Crippen molar-refractivity contribution in [3.05, 3.63) is 29.8 Å². The molecule has 1 aliphatic rings. The highest BCUT2D eigenvalue weighted by molar-refractivity contribution is 7.79. The summed E-state index contributed by atoms with van der Waals surface area (Å²) in [6, 6.07) is 8.16. The molecule has 0 spiro atoms. The number of hydrogen-bond donors (Lipinski definition) is 0. The van der Waals surface area contributed by atoms with Crippen molar-refractivity contribution in [1.29, 1.82) is 0 Å². The maximum atomic E-state index is 5.84. The van der Waals surface area contributed by atoms with Crippen LogP contribution in [0.3, 0.4) is 0 Å². The van der Waals surface area contributed by atoms with Gasteiger partial charge in [-0.1, -0.05) is 24.8 Å². The van der Waals surface area contributed by atoms with Crippen molar-refractivity contribution in [2.24, 2.45) is 0 Å². The molecule has 1 fully saturated rings. The van der Waals surface area contributed by atoms with Gasteiger partial charge in [-0.25, -0.2) is 0 Å². The van der Waals surface area contributed by atoms with Gasteiger partial charge in [0, 0.05) is 5.75 Å². The Morgan fingerprint density at radius 1 is 1.14 bits per heavy atom. The Morgan fingerprint density at radius 2 is 1.79 bits per heavy atom. The second-order valence-corrected chi connectivity index (χ2v) is 4.10. The maximum absolute atomic E-state index is 5.84. The molecule has 1 saturated carbocycles. The molecule has 0 heterocycles. The molecule has 0 N–H and O–H groups in total. The zero-order chi connectivity index (χ0) is 9.80. The van der Waals surface area contributed by atoms with Crippen molar-refractivity contribution in [2.75, 3.05) is 0 Å². The molecule has 0 atom stereocenters. The molecule has 0 saturated heterocycles. The van der Waals surface area contributed by atoms with E-state index in [1.165, 1.54) is 31.2 Å². The van der Waals surface area contributed by atoms with E-state index in [0.29, 0.717) is 11.9 Å². The molecular weight excluding hydrogens is 192 g/mol. The van der Waals surface area contributed by atoms with E-state index in [0.717, 1.165) is 5.75 Å². The van der Waals surface area contributed by atoms with Crippen molar-refractivity contribution in [3.63, 3.8) is 0 Å². The van der Waals surface area contributed by atoms with Gasteiger partial charge in [0.15, 0.2) is 0 Å². The molecule has 2 rings (SSSR count). The van der Waals surface area contributed by atoms with Crippen LogP contribution in [-0.4, -0.2) is 6.10 Å². The smallest absolute Gasteiger partial charge is 0.119 e. The molecule has 0 amide bonds. The Kier molecular flexibility index (Phi) is 3.35. The molecule has 1 nitrogen and oxygen atoms in total. The van der Waals surface area contributed by atoms with Crippen molar-refractivity contribution < 1.29 is 4.74 Å². The molecule has 1 aromatic rings. The van der Waals surface area contributed by atoms with Gasteiger partial charge in [0.25, 0.3) is 0 Å². The van der Waals surface area contributed by atoms with Crippen LogP contribution in [0.2, 0.25) is 0 Å². The lowest BCUT2D eigenvalue weighted by Crippen LogP contribution is -2.10. The molecule has 0 aliphatic heterocycles. The Hall–Kier alpha value is -0.630. The largest absolute Gasteiger partial charge is 0.490 e. The van der Waals surface area contributed by atoms with Crippen molar-refractivity contribution >= 4 is 12.6 Å². The maximum Gasteiger partial charge on any atom is 0.119 e. The van der Waals surface area contributed by atoms with Crippen LogP contribution in [0, 0.1) is 0 Å². The molecular formula is C12H15OS. The zero-order valence-corrected chi connectivity index (χ0v) is 9.06. The second-order valence-electron chi connectivity index (χ2n) is 3.81. The fraction of sp³-hybridized carbons (Fsp3) is 0.500. The third-order valence-corrected chi connectivity index (χ3v) is 3.03. The first-order chi connectivity index (χ1) is 6.88. The number of ether oxygens (including phenoxy) is 1. The van der Waals surface area contributed by atoms with Gasteiger partial charge in [-0.3, -0.25) is 0 Å². The molecule has 1 radical (unpaired) electrons. The van der Waals surface area contributed by atoms with Crippen LogP contribution in [0.15, 0.2) is 24.3 Å². The van der Waals surface area contributed by atoms with Gasteiger partial charge in [-0.15, -0.1) is 0 Å². The Morgan fingerprint density at radius 3 is 2.36 bits per heavy atom. The SMILES string of the molecule is [S]Cc1ccc(OC2CCCC2)cc1. The highest BCUT2D eigenvalue weighted by Crippen LogP contribution is 2.24. The van der Waals surface area contributed by atoms with Gasteiger partial charge >= 0.3 is 0 Å². The van der Waals surface area contributed by atoms with Crippen molar-refractivity contribution in [1.82, 2.24) is 0 Å². The normalized spacial score (nSPS) is 17.2. The Labute approximate surface area is 90.9 Å². The lowest BCUT2D eigenvalue weighted by Gasteiger charge is -2.12. The highest BCUT2D eigenvalue weighted by atomic mass is 32.1. The Balaban J connectivity index is 1.95. The standard InChI is InChI=1S/C12H15OS/c14-9-10-5-7-12(8-6-10)13-11-3-1-2-4-11/h5-8,11H,1-4,9H2. The Bertz CT molecular complexity index is 275. The van der Waals surface area contributed by atoms with Gasteiger partial charge in [0.2, 0.25) is 0 Å². The third kappa shape index (κ3) is 2.44. The fourth-order valence-corrected chi connectivity index (χ4v) is 2.06. The molecule has 0 aromatic heterocycles. The molecule has 0 unspecified atom stereocenters. The number of rotatable bonds is 3. The van der Waals surface area contributed by atoms with Crippen LogP contribution in [0.4, 0.5) is 0 Å². The van der Waals surface area contributed by atoms with E-state index in [1.54, 1.807) is 0 Å². The van der Waals surface area contributed by atoms with E-state index in [-0.39, 0.29) is 0 Å². The highest BCUT2D eigenvalue weighted by Gasteiger charge is 2.15. The molecule has 1 aliphatic carbocycles. The number of benzene rings is 1. The van der Waals surface area contributed by atoms with Crippen molar-refractivity contribution in [2.45, 2.75) is 37.5 Å².